The predicted octanol–water partition coefficient (Wildman–Crippen LogP) is 3.33. The molecule has 1 unspecified atom stereocenters. The van der Waals surface area contributed by atoms with Crippen molar-refractivity contribution in [3.8, 4) is 0 Å². The number of benzene rings is 1. The molecule has 0 bridgehead atoms. The Bertz CT molecular complexity index is 526. The van der Waals surface area contributed by atoms with Crippen molar-refractivity contribution in [2.75, 3.05) is 0 Å². The summed E-state index contributed by atoms with van der Waals surface area (Å²) < 4.78 is 0. The number of pyridine rings is 1. The van der Waals surface area contributed by atoms with E-state index in [1.54, 1.807) is 0 Å². The zero-order valence-electron chi connectivity index (χ0n) is 10.5. The van der Waals surface area contributed by atoms with Crippen LogP contribution in [0.3, 0.4) is 0 Å². The van der Waals surface area contributed by atoms with Gasteiger partial charge in [0.05, 0.1) is 11.6 Å². The monoisotopic (exact) mass is 241 g/mol. The third-order valence-electron chi connectivity index (χ3n) is 4.11. The fourth-order valence-corrected chi connectivity index (χ4v) is 3.07. The number of aliphatic hydroxyl groups excluding tert-OH is 1. The molecule has 1 atom stereocenters. The first-order chi connectivity index (χ1) is 8.84. The Morgan fingerprint density at radius 3 is 2.78 bits per heavy atom. The molecule has 0 aliphatic heterocycles. The molecule has 0 spiro atoms. The predicted molar refractivity (Wildman–Crippen MR) is 73.4 cm³/mol. The normalized spacial score (nSPS) is 18.3. The van der Waals surface area contributed by atoms with Crippen molar-refractivity contribution >= 4 is 10.9 Å². The second-order valence-corrected chi connectivity index (χ2v) is 5.30. The van der Waals surface area contributed by atoms with Crippen LogP contribution in [0.2, 0.25) is 0 Å². The van der Waals surface area contributed by atoms with E-state index in [-0.39, 0.29) is 6.10 Å². The highest BCUT2D eigenvalue weighted by Crippen LogP contribution is 2.30. The molecule has 1 aliphatic carbocycles. The average molecular weight is 241 g/mol. The van der Waals surface area contributed by atoms with E-state index < -0.39 is 0 Å². The second kappa shape index (κ2) is 5.07. The summed E-state index contributed by atoms with van der Waals surface area (Å²) in [5.41, 5.74) is 2.24. The van der Waals surface area contributed by atoms with Crippen molar-refractivity contribution in [3.05, 3.63) is 42.1 Å². The maximum atomic E-state index is 10.3. The highest BCUT2D eigenvalue weighted by Gasteiger charge is 2.23. The van der Waals surface area contributed by atoms with Crippen molar-refractivity contribution in [1.82, 2.24) is 4.98 Å². The fourth-order valence-electron chi connectivity index (χ4n) is 3.07. The lowest BCUT2D eigenvalue weighted by Crippen LogP contribution is -2.20. The lowest BCUT2D eigenvalue weighted by Gasteiger charge is -2.18. The van der Waals surface area contributed by atoms with Crippen LogP contribution in [0.15, 0.2) is 36.5 Å². The smallest absolute Gasteiger partial charge is 0.0704 e. The minimum absolute atomic E-state index is 0.196. The molecule has 94 valence electrons. The summed E-state index contributed by atoms with van der Waals surface area (Å²) in [6.07, 6.45) is 7.33. The number of hydrogen-bond donors (Lipinski definition) is 1. The zero-order valence-corrected chi connectivity index (χ0v) is 10.5. The van der Waals surface area contributed by atoms with E-state index in [0.29, 0.717) is 5.92 Å². The number of aliphatic hydroxyl groups is 1. The van der Waals surface area contributed by atoms with Crippen LogP contribution in [0.25, 0.3) is 10.9 Å². The van der Waals surface area contributed by atoms with Gasteiger partial charge in [-0.1, -0.05) is 31.0 Å². The van der Waals surface area contributed by atoms with Gasteiger partial charge in [-0.15, -0.1) is 0 Å². The Morgan fingerprint density at radius 1 is 1.17 bits per heavy atom. The molecule has 18 heavy (non-hydrogen) atoms. The van der Waals surface area contributed by atoms with E-state index in [4.69, 9.17) is 0 Å². The molecule has 3 rings (SSSR count). The molecule has 1 aliphatic rings. The molecule has 2 aromatic rings. The van der Waals surface area contributed by atoms with Gasteiger partial charge >= 0.3 is 0 Å². The Balaban J connectivity index is 1.85. The molecule has 1 heterocycles. The number of nitrogens with zero attached hydrogens (tertiary/aromatic N) is 1. The standard InChI is InChI=1S/C16H19NO/c18-16(12-5-1-2-6-12)11-13-9-10-17-15-8-4-3-7-14(13)15/h3-4,7-10,12,16,18H,1-2,5-6,11H2. The SMILES string of the molecule is OC(Cc1ccnc2ccccc12)C1CCCC1. The molecule has 1 N–H and O–H groups in total. The lowest BCUT2D eigenvalue weighted by atomic mass is 9.93. The van der Waals surface area contributed by atoms with Crippen LogP contribution in [0.4, 0.5) is 0 Å². The van der Waals surface area contributed by atoms with Crippen molar-refractivity contribution in [1.29, 1.82) is 0 Å². The average Bonchev–Trinajstić information content (AvgIpc) is 2.93. The highest BCUT2D eigenvalue weighted by molar-refractivity contribution is 5.81. The number of aromatic nitrogens is 1. The minimum Gasteiger partial charge on any atom is -0.392 e. The quantitative estimate of drug-likeness (QED) is 0.894. The van der Waals surface area contributed by atoms with Gasteiger partial charge in [0.1, 0.15) is 0 Å². The molecule has 0 radical (unpaired) electrons. The summed E-state index contributed by atoms with van der Waals surface area (Å²) >= 11 is 0. The zero-order chi connectivity index (χ0) is 12.4. The molecule has 0 amide bonds. The van der Waals surface area contributed by atoms with E-state index in [0.717, 1.165) is 11.9 Å². The van der Waals surface area contributed by atoms with Crippen LogP contribution in [0, 0.1) is 5.92 Å². The van der Waals surface area contributed by atoms with E-state index in [1.165, 1.54) is 36.6 Å². The molecule has 0 saturated heterocycles. The Morgan fingerprint density at radius 2 is 1.94 bits per heavy atom. The van der Waals surface area contributed by atoms with Crippen LogP contribution >= 0.6 is 0 Å². The first-order valence-corrected chi connectivity index (χ1v) is 6.85. The van der Waals surface area contributed by atoms with E-state index in [9.17, 15) is 5.11 Å². The van der Waals surface area contributed by atoms with Gasteiger partial charge in [0.15, 0.2) is 0 Å². The number of para-hydroxylation sites is 1. The molecular weight excluding hydrogens is 222 g/mol. The van der Waals surface area contributed by atoms with Crippen molar-refractivity contribution in [3.63, 3.8) is 0 Å². The van der Waals surface area contributed by atoms with Crippen LogP contribution in [-0.4, -0.2) is 16.2 Å². The molecule has 2 heteroatoms. The van der Waals surface area contributed by atoms with Crippen LogP contribution in [0.5, 0.6) is 0 Å². The van der Waals surface area contributed by atoms with Gasteiger partial charge in [-0.3, -0.25) is 4.98 Å². The first-order valence-electron chi connectivity index (χ1n) is 6.85. The van der Waals surface area contributed by atoms with E-state index in [2.05, 4.69) is 11.1 Å². The van der Waals surface area contributed by atoms with Gasteiger partial charge in [0, 0.05) is 11.6 Å². The van der Waals surface area contributed by atoms with Gasteiger partial charge in [0.2, 0.25) is 0 Å². The second-order valence-electron chi connectivity index (χ2n) is 5.30. The molecular formula is C16H19NO. The maximum Gasteiger partial charge on any atom is 0.0704 e. The molecule has 1 aromatic carbocycles. The number of hydrogen-bond acceptors (Lipinski definition) is 2. The third kappa shape index (κ3) is 2.25. The summed E-state index contributed by atoms with van der Waals surface area (Å²) in [5.74, 6) is 0.497. The number of fused-ring (bicyclic) bond motifs is 1. The van der Waals surface area contributed by atoms with Gasteiger partial charge in [-0.25, -0.2) is 0 Å². The highest BCUT2D eigenvalue weighted by atomic mass is 16.3. The van der Waals surface area contributed by atoms with Gasteiger partial charge in [0.25, 0.3) is 0 Å². The topological polar surface area (TPSA) is 33.1 Å². The molecule has 2 nitrogen and oxygen atoms in total. The Labute approximate surface area is 108 Å². The maximum absolute atomic E-state index is 10.3. The van der Waals surface area contributed by atoms with Crippen molar-refractivity contribution in [2.24, 2.45) is 5.92 Å². The van der Waals surface area contributed by atoms with Crippen molar-refractivity contribution < 1.29 is 5.11 Å². The summed E-state index contributed by atoms with van der Waals surface area (Å²) in [7, 11) is 0. The first kappa shape index (κ1) is 11.7. The summed E-state index contributed by atoms with van der Waals surface area (Å²) in [6, 6.07) is 10.2. The Kier molecular flexibility index (Phi) is 3.28. The van der Waals surface area contributed by atoms with E-state index >= 15 is 0 Å². The Hall–Kier alpha value is -1.41. The summed E-state index contributed by atoms with van der Waals surface area (Å²) in [4.78, 5) is 4.37. The largest absolute Gasteiger partial charge is 0.392 e. The van der Waals surface area contributed by atoms with Crippen LogP contribution < -0.4 is 0 Å². The van der Waals surface area contributed by atoms with Gasteiger partial charge < -0.3 is 5.11 Å². The molecule has 1 aromatic heterocycles. The lowest BCUT2D eigenvalue weighted by molar-refractivity contribution is 0.111. The van der Waals surface area contributed by atoms with Gasteiger partial charge in [-0.05, 0) is 42.9 Å². The molecule has 1 saturated carbocycles. The molecule has 1 fully saturated rings. The van der Waals surface area contributed by atoms with E-state index in [1.807, 2.05) is 30.5 Å². The summed E-state index contributed by atoms with van der Waals surface area (Å²) in [5, 5.41) is 11.5. The van der Waals surface area contributed by atoms with Crippen LogP contribution in [-0.2, 0) is 6.42 Å². The minimum atomic E-state index is -0.196. The van der Waals surface area contributed by atoms with Crippen molar-refractivity contribution in [2.45, 2.75) is 38.2 Å². The number of rotatable bonds is 3. The van der Waals surface area contributed by atoms with Gasteiger partial charge in [-0.2, -0.15) is 0 Å². The summed E-state index contributed by atoms with van der Waals surface area (Å²) in [6.45, 7) is 0. The third-order valence-corrected chi connectivity index (χ3v) is 4.11. The fraction of sp³-hybridized carbons (Fsp3) is 0.438. The van der Waals surface area contributed by atoms with Crippen LogP contribution in [0.1, 0.15) is 31.2 Å².